The van der Waals surface area contributed by atoms with Crippen LogP contribution in [0.1, 0.15) is 34.3 Å². The fraction of sp³-hybridized carbons (Fsp3) is 0.0943. The molecule has 0 aliphatic carbocycles. The van der Waals surface area contributed by atoms with Crippen LogP contribution in [0.15, 0.2) is 206 Å². The van der Waals surface area contributed by atoms with Crippen molar-refractivity contribution in [2.24, 2.45) is 11.5 Å². The summed E-state index contributed by atoms with van der Waals surface area (Å²) < 4.78 is 24.5. The summed E-state index contributed by atoms with van der Waals surface area (Å²) in [5, 5.41) is 7.88. The maximum Gasteiger partial charge on any atom is 0.231 e. The monoisotopic (exact) mass is 1010 g/mol. The Bertz CT molecular complexity index is 2430. The Balaban J connectivity index is 0.000000246. The molecule has 0 saturated heterocycles. The second-order valence-electron chi connectivity index (χ2n) is 15.0. The molecular weight excluding hydrogens is 963 g/mol. The Morgan fingerprint density at radius 2 is 0.688 bits per heavy atom. The first-order chi connectivity index (χ1) is 31.6. The molecular formula is C53H48Cl2N2O4P2Ru+4. The zero-order valence-electron chi connectivity index (χ0n) is 34.8. The maximum absolute atomic E-state index is 6.28. The van der Waals surface area contributed by atoms with Gasteiger partial charge in [-0.1, -0.05) is 133 Å². The van der Waals surface area contributed by atoms with E-state index >= 15 is 0 Å². The molecule has 6 nitrogen and oxygen atoms in total. The van der Waals surface area contributed by atoms with E-state index in [4.69, 9.17) is 49.8 Å². The largest absolute Gasteiger partial charge is 0.454 e. The van der Waals surface area contributed by atoms with Gasteiger partial charge in [0.25, 0.3) is 0 Å². The molecule has 2 heterocycles. The number of ether oxygens (including phenoxy) is 4. The molecule has 0 spiro atoms. The minimum atomic E-state index is -1.40. The number of hydrogen-bond acceptors (Lipinski definition) is 6. The van der Waals surface area contributed by atoms with E-state index < -0.39 is 15.8 Å². The molecule has 4 N–H and O–H groups in total. The minimum Gasteiger partial charge on any atom is -0.454 e. The number of nitrogens with two attached hydrogens (primary N) is 2. The van der Waals surface area contributed by atoms with Gasteiger partial charge in [-0.25, -0.2) is 0 Å². The third-order valence-corrected chi connectivity index (χ3v) is 16.8. The summed E-state index contributed by atoms with van der Waals surface area (Å²) in [6, 6.07) is 71.7. The first kappa shape index (κ1) is 45.5. The average molecular weight is 1010 g/mol. The van der Waals surface area contributed by atoms with E-state index in [9.17, 15) is 0 Å². The van der Waals surface area contributed by atoms with Crippen LogP contribution in [0.2, 0.25) is 0 Å². The van der Waals surface area contributed by atoms with Crippen LogP contribution in [0, 0.1) is 0 Å². The van der Waals surface area contributed by atoms with Crippen LogP contribution in [0.4, 0.5) is 0 Å². The van der Waals surface area contributed by atoms with Gasteiger partial charge in [0, 0.05) is 29.6 Å². The van der Waals surface area contributed by atoms with E-state index in [2.05, 4.69) is 146 Å². The first-order valence-corrected chi connectivity index (χ1v) is 28.3. The Labute approximate surface area is 393 Å². The predicted molar refractivity (Wildman–Crippen MR) is 267 cm³/mol. The molecule has 11 heteroatoms. The van der Waals surface area contributed by atoms with Crippen LogP contribution in [0.3, 0.4) is 0 Å². The van der Waals surface area contributed by atoms with Crippen molar-refractivity contribution in [3.63, 3.8) is 0 Å². The van der Waals surface area contributed by atoms with Crippen LogP contribution >= 0.6 is 35.2 Å². The molecule has 8 aromatic rings. The molecule has 0 bridgehead atoms. The number of hydrogen-bond donors (Lipinski definition) is 2. The SMILES string of the molecule is NC(c1ccccc1)C(N)c1ccccc1.[Cl][Ru+2][Cl].c1ccc([PH+](c2ccccc2)c2ccc3c(c2Cc2c([PH+](c4ccccc4)c4ccccc4)ccc4c2OCO4)OCO3)cc1. The van der Waals surface area contributed by atoms with Crippen LogP contribution in [-0.4, -0.2) is 13.6 Å². The van der Waals surface area contributed by atoms with Crippen LogP contribution in [0.5, 0.6) is 23.0 Å². The van der Waals surface area contributed by atoms with Gasteiger partial charge in [0.2, 0.25) is 13.6 Å². The van der Waals surface area contributed by atoms with Crippen LogP contribution in [0.25, 0.3) is 0 Å². The molecule has 8 aromatic carbocycles. The van der Waals surface area contributed by atoms with Gasteiger partial charge < -0.3 is 30.4 Å². The molecule has 0 radical (unpaired) electrons. The molecule has 2 aliphatic rings. The molecule has 0 amide bonds. The third kappa shape index (κ3) is 10.7. The molecule has 10 rings (SSSR count). The van der Waals surface area contributed by atoms with Gasteiger partial charge in [0.05, 0.1) is 15.8 Å². The summed E-state index contributed by atoms with van der Waals surface area (Å²) in [5.41, 5.74) is 16.7. The second-order valence-corrected chi connectivity index (χ2v) is 22.5. The fourth-order valence-corrected chi connectivity index (χ4v) is 13.7. The van der Waals surface area contributed by atoms with E-state index in [1.165, 1.54) is 31.8 Å². The van der Waals surface area contributed by atoms with E-state index in [1.54, 1.807) is 0 Å². The zero-order chi connectivity index (χ0) is 44.1. The molecule has 0 aromatic heterocycles. The van der Waals surface area contributed by atoms with E-state index in [-0.39, 0.29) is 40.8 Å². The standard InChI is InChI=1S/C39H30O4P2.C14H16N2.2ClH.Ru/c1-5-13-28(14-6-1)44(29-15-7-2-8-16-29)36-23-21-34-38(42-26-40-34)32(36)25-33-37(24-22-35-39(33)43-27-41-35)45(30-17-9-3-10-18-30)31-19-11-4-12-20-31;15-13(11-7-3-1-4-8-11)14(16)12-9-5-2-6-10-12;;;/h1-24H,25-27H2;1-10,13-14H,15-16H2;2*1H;/q;;;;+4. The van der Waals surface area contributed by atoms with Crippen molar-refractivity contribution in [1.82, 2.24) is 0 Å². The Morgan fingerprint density at radius 1 is 0.406 bits per heavy atom. The van der Waals surface area contributed by atoms with Crippen molar-refractivity contribution in [2.45, 2.75) is 18.5 Å². The van der Waals surface area contributed by atoms with Gasteiger partial charge in [0.15, 0.2) is 23.0 Å². The molecule has 2 unspecified atom stereocenters. The summed E-state index contributed by atoms with van der Waals surface area (Å²) in [4.78, 5) is 0. The molecule has 64 heavy (non-hydrogen) atoms. The Kier molecular flexibility index (Phi) is 16.2. The van der Waals surface area contributed by atoms with Crippen molar-refractivity contribution >= 4 is 67.1 Å². The summed E-state index contributed by atoms with van der Waals surface area (Å²) >= 11 is -0.346. The summed E-state index contributed by atoms with van der Waals surface area (Å²) in [6.07, 6.45) is 0.630. The van der Waals surface area contributed by atoms with Gasteiger partial charge >= 0.3 is 34.5 Å². The summed E-state index contributed by atoms with van der Waals surface area (Å²) in [7, 11) is 6.92. The topological polar surface area (TPSA) is 89.0 Å². The first-order valence-electron chi connectivity index (χ1n) is 20.8. The minimum absolute atomic E-state index is 0.163. The smallest absolute Gasteiger partial charge is 0.231 e. The van der Waals surface area contributed by atoms with Crippen LogP contribution in [-0.2, 0) is 21.6 Å². The van der Waals surface area contributed by atoms with Crippen molar-refractivity contribution in [3.8, 4) is 23.0 Å². The molecule has 2 atom stereocenters. The quantitative estimate of drug-likeness (QED) is 0.0993. The second kappa shape index (κ2) is 22.7. The van der Waals surface area contributed by atoms with Crippen molar-refractivity contribution in [3.05, 3.63) is 229 Å². The summed E-state index contributed by atoms with van der Waals surface area (Å²) in [6.45, 7) is 0.431. The van der Waals surface area contributed by atoms with Gasteiger partial charge in [-0.15, -0.1) is 0 Å². The fourth-order valence-electron chi connectivity index (χ4n) is 8.20. The molecule has 322 valence electrons. The van der Waals surface area contributed by atoms with E-state index in [1.807, 2.05) is 60.7 Å². The van der Waals surface area contributed by atoms with Crippen molar-refractivity contribution in [1.29, 1.82) is 0 Å². The normalized spacial score (nSPS) is 13.0. The number of rotatable bonds is 11. The Morgan fingerprint density at radius 3 is 0.984 bits per heavy atom. The van der Waals surface area contributed by atoms with Crippen LogP contribution < -0.4 is 62.2 Å². The predicted octanol–water partition coefficient (Wildman–Crippen LogP) is 9.48. The number of halogens is 2. The molecule has 0 saturated carbocycles. The zero-order valence-corrected chi connectivity index (χ0v) is 40.1. The van der Waals surface area contributed by atoms with Crippen molar-refractivity contribution in [2.75, 3.05) is 13.6 Å². The van der Waals surface area contributed by atoms with Crippen molar-refractivity contribution < 1.29 is 34.1 Å². The van der Waals surface area contributed by atoms with Gasteiger partial charge in [-0.2, -0.15) is 0 Å². The van der Waals surface area contributed by atoms with E-state index in [0.29, 0.717) is 6.42 Å². The van der Waals surface area contributed by atoms with Gasteiger partial charge in [0.1, 0.15) is 31.8 Å². The Hall–Kier alpha value is -5.06. The molecule has 2 aliphatic heterocycles. The summed E-state index contributed by atoms with van der Waals surface area (Å²) in [5.74, 6) is 3.24. The third-order valence-electron chi connectivity index (χ3n) is 11.2. The maximum atomic E-state index is 6.28. The van der Waals surface area contributed by atoms with Gasteiger partial charge in [-0.05, 0) is 83.9 Å². The van der Waals surface area contributed by atoms with E-state index in [0.717, 1.165) is 45.3 Å². The number of fused-ring (bicyclic) bond motifs is 2. The molecule has 0 fully saturated rings. The van der Waals surface area contributed by atoms with Gasteiger partial charge in [-0.3, -0.25) is 0 Å². The number of benzene rings is 8. The average Bonchev–Trinajstić information content (AvgIpc) is 4.06.